The lowest BCUT2D eigenvalue weighted by molar-refractivity contribution is -0.135. The number of benzene rings is 1. The molecule has 0 atom stereocenters. The maximum Gasteiger partial charge on any atom is 0.341 e. The third kappa shape index (κ3) is 6.54. The van der Waals surface area contributed by atoms with Crippen molar-refractivity contribution < 1.29 is 28.7 Å². The summed E-state index contributed by atoms with van der Waals surface area (Å²) in [5, 5.41) is 4.15. The molecule has 1 amide bonds. The summed E-state index contributed by atoms with van der Waals surface area (Å²) in [5.41, 5.74) is 0.114. The predicted octanol–water partition coefficient (Wildman–Crippen LogP) is 2.52. The van der Waals surface area contributed by atoms with E-state index in [0.29, 0.717) is 10.6 Å². The van der Waals surface area contributed by atoms with Crippen LogP contribution in [-0.4, -0.2) is 42.4 Å². The number of hydrogen-bond donors (Lipinski definition) is 1. The maximum atomic E-state index is 11.9. The monoisotopic (exact) mass is 407 g/mol. The number of nitrogens with one attached hydrogen (secondary N) is 1. The van der Waals surface area contributed by atoms with Gasteiger partial charge in [-0.1, -0.05) is 30.0 Å². The molecule has 0 aliphatic carbocycles. The van der Waals surface area contributed by atoms with E-state index in [1.54, 1.807) is 24.3 Å². The fourth-order valence-corrected chi connectivity index (χ4v) is 3.52. The van der Waals surface area contributed by atoms with Gasteiger partial charge in [0.25, 0.3) is 0 Å². The van der Waals surface area contributed by atoms with Crippen LogP contribution in [0.1, 0.15) is 26.5 Å². The molecule has 0 aliphatic rings. The summed E-state index contributed by atoms with van der Waals surface area (Å²) in [7, 11) is 1.22. The normalized spacial score (nSPS) is 10.1. The average Bonchev–Trinajstić information content (AvgIpc) is 3.21. The molecule has 0 fully saturated rings. The molecular formula is C18H17NO6S2. The van der Waals surface area contributed by atoms with Crippen LogP contribution >= 0.6 is 23.1 Å². The van der Waals surface area contributed by atoms with Gasteiger partial charge in [-0.25, -0.2) is 9.59 Å². The highest BCUT2D eigenvalue weighted by Gasteiger charge is 2.16. The number of thiophene rings is 1. The second-order valence-electron chi connectivity index (χ2n) is 5.10. The zero-order chi connectivity index (χ0) is 19.6. The highest BCUT2D eigenvalue weighted by Crippen LogP contribution is 2.19. The predicted molar refractivity (Wildman–Crippen MR) is 102 cm³/mol. The Bertz CT molecular complexity index is 819. The van der Waals surface area contributed by atoms with Crippen LogP contribution in [-0.2, 0) is 14.3 Å². The molecule has 0 radical (unpaired) electrons. The summed E-state index contributed by atoms with van der Waals surface area (Å²) in [5.74, 6) is -1.36. The molecule has 0 bridgehead atoms. The van der Waals surface area contributed by atoms with E-state index in [9.17, 15) is 19.2 Å². The first-order valence-electron chi connectivity index (χ1n) is 7.86. The van der Waals surface area contributed by atoms with Gasteiger partial charge >= 0.3 is 11.9 Å². The number of para-hydroxylation sites is 1. The molecule has 7 nitrogen and oxygen atoms in total. The second-order valence-corrected chi connectivity index (χ2v) is 7.12. The molecule has 1 heterocycles. The molecule has 9 heteroatoms. The summed E-state index contributed by atoms with van der Waals surface area (Å²) in [6.07, 6.45) is 0.0911. The Kier molecular flexibility index (Phi) is 8.02. The van der Waals surface area contributed by atoms with Gasteiger partial charge in [-0.05, 0) is 23.6 Å². The van der Waals surface area contributed by atoms with Gasteiger partial charge in [-0.15, -0.1) is 11.3 Å². The Labute approximate surface area is 164 Å². The van der Waals surface area contributed by atoms with Crippen LogP contribution in [0.5, 0.6) is 5.75 Å². The Balaban J connectivity index is 1.73. The van der Waals surface area contributed by atoms with Gasteiger partial charge in [0.2, 0.25) is 11.0 Å². The molecule has 0 saturated carbocycles. The third-order valence-electron chi connectivity index (χ3n) is 3.23. The Morgan fingerprint density at radius 2 is 1.89 bits per heavy atom. The quantitative estimate of drug-likeness (QED) is 0.530. The van der Waals surface area contributed by atoms with Crippen LogP contribution < -0.4 is 10.1 Å². The van der Waals surface area contributed by atoms with Gasteiger partial charge in [0, 0.05) is 12.2 Å². The van der Waals surface area contributed by atoms with E-state index < -0.39 is 11.9 Å². The van der Waals surface area contributed by atoms with Crippen LogP contribution in [0.25, 0.3) is 0 Å². The highest BCUT2D eigenvalue weighted by atomic mass is 32.2. The third-order valence-corrected chi connectivity index (χ3v) is 5.12. The first kappa shape index (κ1) is 20.7. The fourth-order valence-electron chi connectivity index (χ4n) is 1.95. The van der Waals surface area contributed by atoms with Crippen LogP contribution in [0.15, 0.2) is 41.8 Å². The van der Waals surface area contributed by atoms with Gasteiger partial charge in [-0.2, -0.15) is 0 Å². The van der Waals surface area contributed by atoms with Gasteiger partial charge in [0.15, 0.2) is 0 Å². The molecule has 2 rings (SSSR count). The van der Waals surface area contributed by atoms with Crippen molar-refractivity contribution in [2.75, 3.05) is 19.4 Å². The number of ether oxygens (including phenoxy) is 2. The minimum Gasteiger partial charge on any atom is -0.465 e. The largest absolute Gasteiger partial charge is 0.465 e. The van der Waals surface area contributed by atoms with E-state index in [1.165, 1.54) is 30.6 Å². The van der Waals surface area contributed by atoms with Crippen molar-refractivity contribution in [2.45, 2.75) is 6.42 Å². The maximum absolute atomic E-state index is 11.9. The van der Waals surface area contributed by atoms with Crippen molar-refractivity contribution in [1.82, 2.24) is 5.32 Å². The number of rotatable bonds is 8. The zero-order valence-corrected chi connectivity index (χ0v) is 16.1. The van der Waals surface area contributed by atoms with Gasteiger partial charge in [-0.3, -0.25) is 9.59 Å². The molecule has 0 unspecified atom stereocenters. The molecular weight excluding hydrogens is 390 g/mol. The number of esters is 2. The van der Waals surface area contributed by atoms with Crippen LogP contribution in [0.2, 0.25) is 0 Å². The molecule has 1 aromatic carbocycles. The first-order valence-corrected chi connectivity index (χ1v) is 9.73. The summed E-state index contributed by atoms with van der Waals surface area (Å²) in [4.78, 5) is 47.7. The van der Waals surface area contributed by atoms with Gasteiger partial charge in [0.1, 0.15) is 17.9 Å². The number of carbonyl (C=O) groups is 4. The van der Waals surface area contributed by atoms with E-state index in [-0.39, 0.29) is 35.3 Å². The van der Waals surface area contributed by atoms with Crippen molar-refractivity contribution in [3.05, 3.63) is 52.2 Å². The summed E-state index contributed by atoms with van der Waals surface area (Å²) in [6, 6.07) is 9.65. The number of hydrogen-bond acceptors (Lipinski definition) is 8. The van der Waals surface area contributed by atoms with E-state index in [1.807, 2.05) is 5.38 Å². The number of thioether (sulfide) groups is 1. The Morgan fingerprint density at radius 3 is 2.59 bits per heavy atom. The van der Waals surface area contributed by atoms with Crippen LogP contribution in [0, 0.1) is 0 Å². The molecule has 27 heavy (non-hydrogen) atoms. The Hall–Kier alpha value is -2.65. The summed E-state index contributed by atoms with van der Waals surface area (Å²) >= 11 is 2.39. The highest BCUT2D eigenvalue weighted by molar-refractivity contribution is 8.14. The lowest BCUT2D eigenvalue weighted by atomic mass is 10.2. The summed E-state index contributed by atoms with van der Waals surface area (Å²) in [6.45, 7) is -0.349. The number of carbonyl (C=O) groups excluding carboxylic acids is 4. The molecule has 1 N–H and O–H groups in total. The smallest absolute Gasteiger partial charge is 0.341 e. The number of amides is 1. The lowest BCUT2D eigenvalue weighted by Gasteiger charge is -2.09. The van der Waals surface area contributed by atoms with E-state index in [2.05, 4.69) is 10.1 Å². The first-order chi connectivity index (χ1) is 13.0. The van der Waals surface area contributed by atoms with Crippen LogP contribution in [0.4, 0.5) is 0 Å². The van der Waals surface area contributed by atoms with Crippen molar-refractivity contribution in [1.29, 1.82) is 0 Å². The van der Waals surface area contributed by atoms with E-state index >= 15 is 0 Å². The molecule has 142 valence electrons. The standard InChI is InChI=1S/C18H17NO6S2/c1-24-17(22)12-5-2-3-6-13(12)25-16(21)11-19-15(20)8-10-27-18(23)14-7-4-9-26-14/h2-7,9H,8,10-11H2,1H3,(H,19,20). The van der Waals surface area contributed by atoms with Crippen LogP contribution in [0.3, 0.4) is 0 Å². The average molecular weight is 407 g/mol. The van der Waals surface area contributed by atoms with Crippen molar-refractivity contribution in [3.63, 3.8) is 0 Å². The minimum atomic E-state index is -0.720. The van der Waals surface area contributed by atoms with E-state index in [4.69, 9.17) is 4.74 Å². The lowest BCUT2D eigenvalue weighted by Crippen LogP contribution is -2.32. The second kappa shape index (κ2) is 10.5. The van der Waals surface area contributed by atoms with Crippen molar-refractivity contribution in [2.24, 2.45) is 0 Å². The molecule has 2 aromatic rings. The van der Waals surface area contributed by atoms with Gasteiger partial charge in [0.05, 0.1) is 12.0 Å². The summed E-state index contributed by atoms with van der Waals surface area (Å²) < 4.78 is 9.72. The van der Waals surface area contributed by atoms with Gasteiger partial charge < -0.3 is 14.8 Å². The topological polar surface area (TPSA) is 98.8 Å². The molecule has 1 aromatic heterocycles. The molecule has 0 spiro atoms. The SMILES string of the molecule is COC(=O)c1ccccc1OC(=O)CNC(=O)CCSC(=O)c1cccs1. The van der Waals surface area contributed by atoms with Crippen molar-refractivity contribution in [3.8, 4) is 5.75 Å². The zero-order valence-electron chi connectivity index (χ0n) is 14.4. The Morgan fingerprint density at radius 1 is 1.11 bits per heavy atom. The number of methoxy groups -OCH3 is 1. The minimum absolute atomic E-state index is 0.0562. The van der Waals surface area contributed by atoms with Crippen molar-refractivity contribution >= 4 is 46.1 Å². The van der Waals surface area contributed by atoms with E-state index in [0.717, 1.165) is 11.8 Å². The fraction of sp³-hybridized carbons (Fsp3) is 0.222. The molecule has 0 aliphatic heterocycles. The molecule has 0 saturated heterocycles.